The Labute approximate surface area is 166 Å². The minimum Gasteiger partial charge on any atom is -0.380 e. The summed E-state index contributed by atoms with van der Waals surface area (Å²) in [5, 5.41) is 6.63. The van der Waals surface area contributed by atoms with Crippen molar-refractivity contribution in [2.24, 2.45) is 0 Å². The standard InChI is InChI=1S/C22H26N6/c1-15(2)13-24-16(3)19-8-9-20-22(26-19)28(18-10-12-27(20)14-18)17(4)25-21-7-5-6-11-23-21/h5-9,11,18,24H,1,3-4,10,12-14H2,2H3,(H,23,25)/t18-/m0/s1. The van der Waals surface area contributed by atoms with Crippen molar-refractivity contribution in [2.45, 2.75) is 19.4 Å². The predicted molar refractivity (Wildman–Crippen MR) is 116 cm³/mol. The molecule has 2 aliphatic rings. The SMILES string of the molecule is C=C(C)CNC(=C)c1ccc2c(n1)N(C(=C)Nc1ccccn1)[C@H]1CCN2C1. The van der Waals surface area contributed by atoms with Gasteiger partial charge in [-0.05, 0) is 37.6 Å². The lowest BCUT2D eigenvalue weighted by Gasteiger charge is -2.38. The first kappa shape index (κ1) is 18.1. The molecule has 6 nitrogen and oxygen atoms in total. The first-order valence-corrected chi connectivity index (χ1v) is 9.52. The fourth-order valence-electron chi connectivity index (χ4n) is 3.72. The number of pyridine rings is 2. The van der Waals surface area contributed by atoms with E-state index in [4.69, 9.17) is 4.98 Å². The van der Waals surface area contributed by atoms with Crippen LogP contribution in [0.2, 0.25) is 0 Å². The van der Waals surface area contributed by atoms with Crippen molar-refractivity contribution in [3.63, 3.8) is 0 Å². The van der Waals surface area contributed by atoms with E-state index in [-0.39, 0.29) is 0 Å². The lowest BCUT2D eigenvalue weighted by Crippen LogP contribution is -2.43. The van der Waals surface area contributed by atoms with Crippen molar-refractivity contribution in [3.05, 3.63) is 73.4 Å². The fourth-order valence-corrected chi connectivity index (χ4v) is 3.72. The second-order valence-electron chi connectivity index (χ2n) is 7.37. The molecule has 0 aliphatic carbocycles. The van der Waals surface area contributed by atoms with Gasteiger partial charge >= 0.3 is 0 Å². The van der Waals surface area contributed by atoms with Crippen LogP contribution in [0.5, 0.6) is 0 Å². The summed E-state index contributed by atoms with van der Waals surface area (Å²) >= 11 is 0. The van der Waals surface area contributed by atoms with E-state index in [9.17, 15) is 0 Å². The van der Waals surface area contributed by atoms with E-state index in [1.165, 1.54) is 0 Å². The quantitative estimate of drug-likeness (QED) is 0.723. The second kappa shape index (κ2) is 7.38. The zero-order valence-corrected chi connectivity index (χ0v) is 16.3. The highest BCUT2D eigenvalue weighted by Crippen LogP contribution is 2.41. The number of fused-ring (bicyclic) bond motifs is 4. The van der Waals surface area contributed by atoms with Crippen LogP contribution in [0.25, 0.3) is 5.70 Å². The molecule has 0 aromatic carbocycles. The van der Waals surface area contributed by atoms with Gasteiger partial charge in [-0.2, -0.15) is 0 Å². The fraction of sp³-hybridized carbons (Fsp3) is 0.273. The molecule has 1 saturated heterocycles. The molecule has 2 aliphatic heterocycles. The molecular formula is C22H26N6. The maximum Gasteiger partial charge on any atom is 0.158 e. The summed E-state index contributed by atoms with van der Waals surface area (Å²) < 4.78 is 0. The van der Waals surface area contributed by atoms with E-state index >= 15 is 0 Å². The molecule has 0 spiro atoms. The number of rotatable bonds is 7. The number of hydrogen-bond acceptors (Lipinski definition) is 6. The predicted octanol–water partition coefficient (Wildman–Crippen LogP) is 3.60. The Morgan fingerprint density at radius 2 is 2.07 bits per heavy atom. The summed E-state index contributed by atoms with van der Waals surface area (Å²) in [7, 11) is 0. The first-order chi connectivity index (χ1) is 13.5. The maximum atomic E-state index is 4.95. The molecule has 144 valence electrons. The normalized spacial score (nSPS) is 17.1. The van der Waals surface area contributed by atoms with Gasteiger partial charge in [0.1, 0.15) is 11.6 Å². The van der Waals surface area contributed by atoms with Crippen LogP contribution >= 0.6 is 0 Å². The summed E-state index contributed by atoms with van der Waals surface area (Å²) in [6.45, 7) is 17.0. The van der Waals surface area contributed by atoms with Crippen LogP contribution in [-0.2, 0) is 0 Å². The lowest BCUT2D eigenvalue weighted by atomic mass is 10.1. The molecule has 1 atom stereocenters. The summed E-state index contributed by atoms with van der Waals surface area (Å²) in [6.07, 6.45) is 2.84. The Balaban J connectivity index is 1.64. The average molecular weight is 374 g/mol. The lowest BCUT2D eigenvalue weighted by molar-refractivity contribution is 0.675. The third-order valence-corrected chi connectivity index (χ3v) is 5.09. The second-order valence-corrected chi connectivity index (χ2v) is 7.37. The highest BCUT2D eigenvalue weighted by atomic mass is 15.4. The molecule has 4 heterocycles. The number of aromatic nitrogens is 2. The minimum absolute atomic E-state index is 0.343. The molecule has 2 N–H and O–H groups in total. The Morgan fingerprint density at radius 3 is 2.82 bits per heavy atom. The van der Waals surface area contributed by atoms with Gasteiger partial charge in [-0.1, -0.05) is 31.4 Å². The first-order valence-electron chi connectivity index (χ1n) is 9.52. The molecule has 2 bridgehead atoms. The van der Waals surface area contributed by atoms with Crippen LogP contribution in [0.1, 0.15) is 19.0 Å². The zero-order chi connectivity index (χ0) is 19.7. The third-order valence-electron chi connectivity index (χ3n) is 5.09. The van der Waals surface area contributed by atoms with Crippen LogP contribution in [0, 0.1) is 0 Å². The van der Waals surface area contributed by atoms with Gasteiger partial charge in [-0.25, -0.2) is 9.97 Å². The Kier molecular flexibility index (Phi) is 4.77. The van der Waals surface area contributed by atoms with E-state index in [1.807, 2.05) is 31.2 Å². The van der Waals surface area contributed by atoms with Gasteiger partial charge in [-0.15, -0.1) is 0 Å². The van der Waals surface area contributed by atoms with Gasteiger partial charge in [0.2, 0.25) is 0 Å². The molecule has 0 saturated carbocycles. The molecule has 6 heteroatoms. The Morgan fingerprint density at radius 1 is 1.21 bits per heavy atom. The monoisotopic (exact) mass is 374 g/mol. The van der Waals surface area contributed by atoms with Gasteiger partial charge in [0, 0.05) is 25.8 Å². The van der Waals surface area contributed by atoms with E-state index in [0.29, 0.717) is 12.6 Å². The largest absolute Gasteiger partial charge is 0.380 e. The molecule has 28 heavy (non-hydrogen) atoms. The van der Waals surface area contributed by atoms with Crippen molar-refractivity contribution in [3.8, 4) is 0 Å². The molecule has 2 aromatic heterocycles. The maximum absolute atomic E-state index is 4.95. The van der Waals surface area contributed by atoms with E-state index in [0.717, 1.165) is 59.6 Å². The number of nitrogens with one attached hydrogen (secondary N) is 2. The van der Waals surface area contributed by atoms with Crippen molar-refractivity contribution in [1.29, 1.82) is 0 Å². The van der Waals surface area contributed by atoms with Crippen LogP contribution in [0.4, 0.5) is 17.3 Å². The summed E-state index contributed by atoms with van der Waals surface area (Å²) in [5.41, 5.74) is 3.81. The molecule has 1 fully saturated rings. The van der Waals surface area contributed by atoms with Crippen LogP contribution in [-0.4, -0.2) is 35.6 Å². The third kappa shape index (κ3) is 3.45. The van der Waals surface area contributed by atoms with E-state index in [2.05, 4.69) is 51.2 Å². The van der Waals surface area contributed by atoms with E-state index in [1.54, 1.807) is 6.20 Å². The molecular weight excluding hydrogens is 348 g/mol. The number of nitrogens with zero attached hydrogens (tertiary/aromatic N) is 4. The average Bonchev–Trinajstić information content (AvgIpc) is 3.11. The molecule has 0 amide bonds. The van der Waals surface area contributed by atoms with Crippen LogP contribution in [0.15, 0.2) is 67.7 Å². The van der Waals surface area contributed by atoms with Gasteiger partial charge in [0.15, 0.2) is 5.82 Å². The highest BCUT2D eigenvalue weighted by Gasteiger charge is 2.38. The van der Waals surface area contributed by atoms with E-state index < -0.39 is 0 Å². The molecule has 0 unspecified atom stereocenters. The van der Waals surface area contributed by atoms with Gasteiger partial charge < -0.3 is 20.4 Å². The van der Waals surface area contributed by atoms with Crippen molar-refractivity contribution in [2.75, 3.05) is 34.8 Å². The van der Waals surface area contributed by atoms with Gasteiger partial charge in [0.25, 0.3) is 0 Å². The zero-order valence-electron chi connectivity index (χ0n) is 16.3. The topological polar surface area (TPSA) is 56.3 Å². The Bertz CT molecular complexity index is 920. The summed E-state index contributed by atoms with van der Waals surface area (Å²) in [5.74, 6) is 2.48. The smallest absolute Gasteiger partial charge is 0.158 e. The van der Waals surface area contributed by atoms with Crippen molar-refractivity contribution < 1.29 is 0 Å². The van der Waals surface area contributed by atoms with Crippen LogP contribution < -0.4 is 20.4 Å². The minimum atomic E-state index is 0.343. The molecule has 4 rings (SSSR count). The number of anilines is 3. The molecule has 0 radical (unpaired) electrons. The summed E-state index contributed by atoms with van der Waals surface area (Å²) in [4.78, 5) is 13.9. The van der Waals surface area contributed by atoms with Crippen LogP contribution in [0.3, 0.4) is 0 Å². The Hall–Kier alpha value is -3.28. The molecule has 2 aromatic rings. The number of hydrogen-bond donors (Lipinski definition) is 2. The van der Waals surface area contributed by atoms with Crippen molar-refractivity contribution in [1.82, 2.24) is 15.3 Å². The highest BCUT2D eigenvalue weighted by molar-refractivity contribution is 5.77. The van der Waals surface area contributed by atoms with Crippen molar-refractivity contribution >= 4 is 23.0 Å². The van der Waals surface area contributed by atoms with Gasteiger partial charge in [0.05, 0.1) is 23.1 Å². The summed E-state index contributed by atoms with van der Waals surface area (Å²) in [6, 6.07) is 10.3. The van der Waals surface area contributed by atoms with Gasteiger partial charge in [-0.3, -0.25) is 0 Å².